The molecule has 1 atom stereocenters. The first-order valence-corrected chi connectivity index (χ1v) is 5.93. The van der Waals surface area contributed by atoms with Crippen LogP contribution in [0.2, 0.25) is 5.02 Å². The summed E-state index contributed by atoms with van der Waals surface area (Å²) in [7, 11) is 0. The van der Waals surface area contributed by atoms with E-state index in [-0.39, 0.29) is 5.92 Å². The van der Waals surface area contributed by atoms with Crippen LogP contribution in [-0.2, 0) is 4.79 Å². The van der Waals surface area contributed by atoms with E-state index in [1.807, 2.05) is 54.6 Å². The van der Waals surface area contributed by atoms with Crippen LogP contribution in [0.3, 0.4) is 0 Å². The molecule has 2 aromatic rings. The van der Waals surface area contributed by atoms with Crippen molar-refractivity contribution in [2.24, 2.45) is 0 Å². The summed E-state index contributed by atoms with van der Waals surface area (Å²) in [5.74, 6) is 0.117. The third kappa shape index (κ3) is 2.95. The van der Waals surface area contributed by atoms with Crippen LogP contribution in [0.15, 0.2) is 54.6 Å². The van der Waals surface area contributed by atoms with Crippen LogP contribution in [0.5, 0.6) is 0 Å². The van der Waals surface area contributed by atoms with Crippen molar-refractivity contribution in [3.63, 3.8) is 0 Å². The van der Waals surface area contributed by atoms with Crippen LogP contribution in [0, 0.1) is 0 Å². The summed E-state index contributed by atoms with van der Waals surface area (Å²) in [4.78, 5) is 10.8. The first-order chi connectivity index (χ1) is 8.31. The van der Waals surface area contributed by atoms with Gasteiger partial charge in [-0.15, -0.1) is 0 Å². The van der Waals surface area contributed by atoms with Gasteiger partial charge in [0.05, 0.1) is 0 Å². The van der Waals surface area contributed by atoms with Gasteiger partial charge in [-0.1, -0.05) is 54.1 Å². The second-order valence-corrected chi connectivity index (χ2v) is 4.35. The molecule has 0 amide bonds. The molecule has 0 saturated carbocycles. The maximum absolute atomic E-state index is 10.8. The van der Waals surface area contributed by atoms with Crippen molar-refractivity contribution < 1.29 is 4.79 Å². The fourth-order valence-electron chi connectivity index (χ4n) is 1.94. The van der Waals surface area contributed by atoms with Crippen molar-refractivity contribution in [3.05, 3.63) is 70.7 Å². The third-order valence-electron chi connectivity index (χ3n) is 2.81. The van der Waals surface area contributed by atoms with Gasteiger partial charge in [-0.05, 0) is 23.3 Å². The SMILES string of the molecule is O=CCC(c1ccccc1)c1ccc(Cl)cc1. The summed E-state index contributed by atoms with van der Waals surface area (Å²) >= 11 is 5.87. The van der Waals surface area contributed by atoms with E-state index in [0.29, 0.717) is 11.4 Å². The van der Waals surface area contributed by atoms with E-state index in [1.54, 1.807) is 0 Å². The number of halogens is 1. The first-order valence-electron chi connectivity index (χ1n) is 5.55. The monoisotopic (exact) mass is 244 g/mol. The highest BCUT2D eigenvalue weighted by molar-refractivity contribution is 6.30. The lowest BCUT2D eigenvalue weighted by Gasteiger charge is -2.15. The van der Waals surface area contributed by atoms with Gasteiger partial charge in [-0.2, -0.15) is 0 Å². The lowest BCUT2D eigenvalue weighted by molar-refractivity contribution is -0.108. The Kier molecular flexibility index (Phi) is 3.94. The molecule has 0 bridgehead atoms. The molecule has 2 aromatic carbocycles. The average molecular weight is 245 g/mol. The largest absolute Gasteiger partial charge is 0.303 e. The first kappa shape index (κ1) is 11.9. The molecule has 2 heteroatoms. The molecule has 0 aliphatic heterocycles. The zero-order valence-corrected chi connectivity index (χ0v) is 10.1. The van der Waals surface area contributed by atoms with E-state index in [1.165, 1.54) is 0 Å². The molecule has 0 aliphatic carbocycles. The molecule has 0 radical (unpaired) electrons. The summed E-state index contributed by atoms with van der Waals surface area (Å²) in [6, 6.07) is 17.7. The number of aldehydes is 1. The van der Waals surface area contributed by atoms with Gasteiger partial charge in [0, 0.05) is 17.4 Å². The Hall–Kier alpha value is -1.60. The molecule has 0 aromatic heterocycles. The lowest BCUT2D eigenvalue weighted by atomic mass is 9.89. The van der Waals surface area contributed by atoms with Crippen molar-refractivity contribution in [3.8, 4) is 0 Å². The van der Waals surface area contributed by atoms with E-state index in [0.717, 1.165) is 17.4 Å². The van der Waals surface area contributed by atoms with Gasteiger partial charge in [0.2, 0.25) is 0 Å². The van der Waals surface area contributed by atoms with E-state index < -0.39 is 0 Å². The van der Waals surface area contributed by atoms with Crippen molar-refractivity contribution in [2.45, 2.75) is 12.3 Å². The van der Waals surface area contributed by atoms with Gasteiger partial charge < -0.3 is 4.79 Å². The zero-order chi connectivity index (χ0) is 12.1. The third-order valence-corrected chi connectivity index (χ3v) is 3.06. The maximum Gasteiger partial charge on any atom is 0.120 e. The van der Waals surface area contributed by atoms with Crippen molar-refractivity contribution >= 4 is 17.9 Å². The number of hydrogen-bond donors (Lipinski definition) is 0. The predicted molar refractivity (Wildman–Crippen MR) is 70.4 cm³/mol. The summed E-state index contributed by atoms with van der Waals surface area (Å²) < 4.78 is 0. The number of carbonyl (C=O) groups excluding carboxylic acids is 1. The highest BCUT2D eigenvalue weighted by atomic mass is 35.5. The molecule has 2 rings (SSSR count). The molecule has 0 spiro atoms. The van der Waals surface area contributed by atoms with Crippen molar-refractivity contribution in [2.75, 3.05) is 0 Å². The molecule has 1 nitrogen and oxygen atoms in total. The van der Waals surface area contributed by atoms with E-state index in [4.69, 9.17) is 11.6 Å². The van der Waals surface area contributed by atoms with Gasteiger partial charge in [0.25, 0.3) is 0 Å². The minimum Gasteiger partial charge on any atom is -0.303 e. The van der Waals surface area contributed by atoms with Crippen LogP contribution < -0.4 is 0 Å². The molecule has 0 saturated heterocycles. The minimum atomic E-state index is 0.117. The summed E-state index contributed by atoms with van der Waals surface area (Å²) in [6.07, 6.45) is 1.46. The average Bonchev–Trinajstić information content (AvgIpc) is 2.38. The summed E-state index contributed by atoms with van der Waals surface area (Å²) in [5, 5.41) is 0.715. The Morgan fingerprint density at radius 3 is 2.12 bits per heavy atom. The van der Waals surface area contributed by atoms with Crippen LogP contribution in [-0.4, -0.2) is 6.29 Å². The van der Waals surface area contributed by atoms with Gasteiger partial charge in [0.1, 0.15) is 6.29 Å². The van der Waals surface area contributed by atoms with E-state index in [9.17, 15) is 4.79 Å². The second kappa shape index (κ2) is 5.65. The van der Waals surface area contributed by atoms with Crippen LogP contribution >= 0.6 is 11.6 Å². The number of carbonyl (C=O) groups is 1. The van der Waals surface area contributed by atoms with E-state index in [2.05, 4.69) is 0 Å². The quantitative estimate of drug-likeness (QED) is 0.742. The molecule has 0 fully saturated rings. The zero-order valence-electron chi connectivity index (χ0n) is 9.34. The lowest BCUT2D eigenvalue weighted by Crippen LogP contribution is -2.01. The highest BCUT2D eigenvalue weighted by Crippen LogP contribution is 2.27. The number of hydrogen-bond acceptors (Lipinski definition) is 1. The maximum atomic E-state index is 10.8. The van der Waals surface area contributed by atoms with Crippen molar-refractivity contribution in [1.29, 1.82) is 0 Å². The number of rotatable bonds is 4. The normalized spacial score (nSPS) is 12.1. The predicted octanol–water partition coefficient (Wildman–Crippen LogP) is 4.06. The molecule has 1 unspecified atom stereocenters. The summed E-state index contributed by atoms with van der Waals surface area (Å²) in [6.45, 7) is 0. The molecule has 86 valence electrons. The summed E-state index contributed by atoms with van der Waals surface area (Å²) in [5.41, 5.74) is 2.27. The Morgan fingerprint density at radius 1 is 0.941 bits per heavy atom. The Balaban J connectivity index is 2.35. The van der Waals surface area contributed by atoms with Crippen LogP contribution in [0.4, 0.5) is 0 Å². The van der Waals surface area contributed by atoms with Crippen LogP contribution in [0.1, 0.15) is 23.5 Å². The Labute approximate surface area is 106 Å². The van der Waals surface area contributed by atoms with Gasteiger partial charge in [0.15, 0.2) is 0 Å². The Bertz CT molecular complexity index is 476. The molecule has 0 N–H and O–H groups in total. The molecule has 0 heterocycles. The fourth-order valence-corrected chi connectivity index (χ4v) is 2.07. The van der Waals surface area contributed by atoms with Crippen molar-refractivity contribution in [1.82, 2.24) is 0 Å². The fraction of sp³-hybridized carbons (Fsp3) is 0.133. The second-order valence-electron chi connectivity index (χ2n) is 3.92. The van der Waals surface area contributed by atoms with Crippen LogP contribution in [0.25, 0.3) is 0 Å². The number of benzene rings is 2. The van der Waals surface area contributed by atoms with Gasteiger partial charge in [-0.25, -0.2) is 0 Å². The molecular weight excluding hydrogens is 232 g/mol. The molecular formula is C15H13ClO. The molecule has 17 heavy (non-hydrogen) atoms. The standard InChI is InChI=1S/C15H13ClO/c16-14-8-6-13(7-9-14)15(10-11-17)12-4-2-1-3-5-12/h1-9,11,15H,10H2. The minimum absolute atomic E-state index is 0.117. The topological polar surface area (TPSA) is 17.1 Å². The molecule has 0 aliphatic rings. The van der Waals surface area contributed by atoms with E-state index >= 15 is 0 Å². The Morgan fingerprint density at radius 2 is 1.53 bits per heavy atom. The highest BCUT2D eigenvalue weighted by Gasteiger charge is 2.12. The smallest absolute Gasteiger partial charge is 0.120 e. The van der Waals surface area contributed by atoms with Gasteiger partial charge in [-0.3, -0.25) is 0 Å². The van der Waals surface area contributed by atoms with Gasteiger partial charge >= 0.3 is 0 Å².